The molecule has 4 heteroatoms. The van der Waals surface area contributed by atoms with E-state index < -0.39 is 9.05 Å². The molecular weight excluding hydrogens is 256 g/mol. The topological polar surface area (TPSA) is 34.1 Å². The SMILES string of the molecule is CC(C)CCCCc1ccc(S(=O)(=O)Cl)cc1. The van der Waals surface area contributed by atoms with Crippen molar-refractivity contribution >= 4 is 19.7 Å². The molecule has 0 radical (unpaired) electrons. The van der Waals surface area contributed by atoms with Crippen molar-refractivity contribution in [3.05, 3.63) is 29.8 Å². The summed E-state index contributed by atoms with van der Waals surface area (Å²) in [5.41, 5.74) is 1.16. The van der Waals surface area contributed by atoms with E-state index >= 15 is 0 Å². The standard InChI is InChI=1S/C13H19ClO2S/c1-11(2)5-3-4-6-12-7-9-13(10-8-12)17(14,15)16/h7-11H,3-6H2,1-2H3. The molecule has 96 valence electrons. The lowest BCUT2D eigenvalue weighted by Gasteiger charge is -2.05. The van der Waals surface area contributed by atoms with Crippen LogP contribution in [-0.4, -0.2) is 8.42 Å². The molecule has 1 rings (SSSR count). The Morgan fingerprint density at radius 3 is 2.18 bits per heavy atom. The second kappa shape index (κ2) is 6.41. The number of hydrogen-bond acceptors (Lipinski definition) is 2. The quantitative estimate of drug-likeness (QED) is 0.581. The third-order valence-corrected chi connectivity index (χ3v) is 4.07. The van der Waals surface area contributed by atoms with Crippen LogP contribution in [0.5, 0.6) is 0 Å². The summed E-state index contributed by atoms with van der Waals surface area (Å²) in [5, 5.41) is 0. The van der Waals surface area contributed by atoms with E-state index in [0.29, 0.717) is 0 Å². The Bertz CT molecular complexity index is 435. The third kappa shape index (κ3) is 5.55. The number of unbranched alkanes of at least 4 members (excludes halogenated alkanes) is 1. The lowest BCUT2D eigenvalue weighted by atomic mass is 10.0. The lowest BCUT2D eigenvalue weighted by Crippen LogP contribution is -1.93. The molecule has 0 N–H and O–H groups in total. The highest BCUT2D eigenvalue weighted by molar-refractivity contribution is 8.13. The normalized spacial score (nSPS) is 12.0. The summed E-state index contributed by atoms with van der Waals surface area (Å²) < 4.78 is 22.1. The van der Waals surface area contributed by atoms with Crippen LogP contribution in [0.3, 0.4) is 0 Å². The average molecular weight is 275 g/mol. The summed E-state index contributed by atoms with van der Waals surface area (Å²) in [6.07, 6.45) is 4.60. The van der Waals surface area contributed by atoms with Gasteiger partial charge in [0.15, 0.2) is 0 Å². The van der Waals surface area contributed by atoms with Crippen molar-refractivity contribution in [2.45, 2.75) is 44.4 Å². The fraction of sp³-hybridized carbons (Fsp3) is 0.538. The largest absolute Gasteiger partial charge is 0.261 e. The van der Waals surface area contributed by atoms with Gasteiger partial charge in [-0.1, -0.05) is 38.8 Å². The van der Waals surface area contributed by atoms with E-state index in [2.05, 4.69) is 13.8 Å². The molecule has 0 bridgehead atoms. The van der Waals surface area contributed by atoms with Gasteiger partial charge in [0.1, 0.15) is 0 Å². The fourth-order valence-electron chi connectivity index (χ4n) is 1.70. The fourth-order valence-corrected chi connectivity index (χ4v) is 2.47. The minimum absolute atomic E-state index is 0.171. The first-order valence-corrected chi connectivity index (χ1v) is 8.24. The summed E-state index contributed by atoms with van der Waals surface area (Å²) in [6, 6.07) is 6.81. The van der Waals surface area contributed by atoms with Crippen LogP contribution in [0.25, 0.3) is 0 Å². The molecule has 0 unspecified atom stereocenters. The number of hydrogen-bond donors (Lipinski definition) is 0. The van der Waals surface area contributed by atoms with Crippen molar-refractivity contribution in [1.29, 1.82) is 0 Å². The van der Waals surface area contributed by atoms with Crippen molar-refractivity contribution in [1.82, 2.24) is 0 Å². The first-order chi connectivity index (χ1) is 7.89. The van der Waals surface area contributed by atoms with Gasteiger partial charge < -0.3 is 0 Å². The average Bonchev–Trinajstić information content (AvgIpc) is 2.23. The van der Waals surface area contributed by atoms with Crippen LogP contribution in [0.1, 0.15) is 38.7 Å². The first kappa shape index (κ1) is 14.5. The molecule has 0 saturated carbocycles. The molecule has 0 aliphatic rings. The molecule has 0 aliphatic heterocycles. The van der Waals surface area contributed by atoms with Crippen LogP contribution >= 0.6 is 10.7 Å². The highest BCUT2D eigenvalue weighted by Gasteiger charge is 2.08. The zero-order chi connectivity index (χ0) is 12.9. The van der Waals surface area contributed by atoms with E-state index in [-0.39, 0.29) is 4.90 Å². The zero-order valence-corrected chi connectivity index (χ0v) is 11.9. The maximum atomic E-state index is 11.0. The zero-order valence-electron chi connectivity index (χ0n) is 10.3. The van der Waals surface area contributed by atoms with Crippen LogP contribution in [0.15, 0.2) is 29.2 Å². The Morgan fingerprint density at radius 2 is 1.71 bits per heavy atom. The Morgan fingerprint density at radius 1 is 1.12 bits per heavy atom. The van der Waals surface area contributed by atoms with Crippen molar-refractivity contribution in [3.63, 3.8) is 0 Å². The van der Waals surface area contributed by atoms with Gasteiger partial charge in [-0.15, -0.1) is 0 Å². The molecule has 0 aliphatic carbocycles. The van der Waals surface area contributed by atoms with Crippen LogP contribution in [0, 0.1) is 5.92 Å². The van der Waals surface area contributed by atoms with Crippen LogP contribution < -0.4 is 0 Å². The minimum Gasteiger partial charge on any atom is -0.207 e. The summed E-state index contributed by atoms with van der Waals surface area (Å²) in [6.45, 7) is 4.44. The van der Waals surface area contributed by atoms with Gasteiger partial charge in [0.2, 0.25) is 0 Å². The summed E-state index contributed by atoms with van der Waals surface area (Å²) in [4.78, 5) is 0.171. The van der Waals surface area contributed by atoms with E-state index in [0.717, 1.165) is 24.3 Å². The Hall–Kier alpha value is -0.540. The second-order valence-electron chi connectivity index (χ2n) is 4.72. The Balaban J connectivity index is 2.46. The van der Waals surface area contributed by atoms with Gasteiger partial charge in [0, 0.05) is 10.7 Å². The van der Waals surface area contributed by atoms with E-state index in [4.69, 9.17) is 10.7 Å². The maximum absolute atomic E-state index is 11.0. The predicted octanol–water partition coefficient (Wildman–Crippen LogP) is 3.98. The second-order valence-corrected chi connectivity index (χ2v) is 7.29. The molecular formula is C13H19ClO2S. The number of halogens is 1. The monoisotopic (exact) mass is 274 g/mol. The van der Waals surface area contributed by atoms with Crippen LogP contribution in [0.2, 0.25) is 0 Å². The first-order valence-electron chi connectivity index (χ1n) is 5.93. The molecule has 1 aromatic carbocycles. The molecule has 17 heavy (non-hydrogen) atoms. The number of aryl methyl sites for hydroxylation is 1. The van der Waals surface area contributed by atoms with Gasteiger partial charge in [-0.25, -0.2) is 8.42 Å². The highest BCUT2D eigenvalue weighted by Crippen LogP contribution is 2.17. The van der Waals surface area contributed by atoms with Crippen LogP contribution in [0.4, 0.5) is 0 Å². The van der Waals surface area contributed by atoms with E-state index in [1.165, 1.54) is 12.8 Å². The van der Waals surface area contributed by atoms with Gasteiger partial charge in [0.25, 0.3) is 9.05 Å². The van der Waals surface area contributed by atoms with E-state index in [9.17, 15) is 8.42 Å². The molecule has 0 saturated heterocycles. The molecule has 0 aromatic heterocycles. The van der Waals surface area contributed by atoms with Crippen molar-refractivity contribution in [3.8, 4) is 0 Å². The highest BCUT2D eigenvalue weighted by atomic mass is 35.7. The number of benzene rings is 1. The molecule has 0 heterocycles. The number of rotatable bonds is 6. The molecule has 0 amide bonds. The minimum atomic E-state index is -3.58. The molecule has 0 fully saturated rings. The maximum Gasteiger partial charge on any atom is 0.261 e. The molecule has 2 nitrogen and oxygen atoms in total. The Labute approximate surface area is 108 Å². The van der Waals surface area contributed by atoms with Gasteiger partial charge in [-0.3, -0.25) is 0 Å². The molecule has 0 spiro atoms. The molecule has 1 aromatic rings. The molecule has 0 atom stereocenters. The Kier molecular flexibility index (Phi) is 5.47. The lowest BCUT2D eigenvalue weighted by molar-refractivity contribution is 0.538. The van der Waals surface area contributed by atoms with E-state index in [1.807, 2.05) is 12.1 Å². The summed E-state index contributed by atoms with van der Waals surface area (Å²) >= 11 is 0. The summed E-state index contributed by atoms with van der Waals surface area (Å²) in [7, 11) is 1.66. The smallest absolute Gasteiger partial charge is 0.207 e. The van der Waals surface area contributed by atoms with Gasteiger partial charge in [0.05, 0.1) is 4.90 Å². The third-order valence-electron chi connectivity index (χ3n) is 2.70. The van der Waals surface area contributed by atoms with Gasteiger partial charge in [-0.05, 0) is 36.5 Å². The van der Waals surface area contributed by atoms with Gasteiger partial charge in [-0.2, -0.15) is 0 Å². The van der Waals surface area contributed by atoms with Crippen LogP contribution in [-0.2, 0) is 15.5 Å². The van der Waals surface area contributed by atoms with Crippen molar-refractivity contribution < 1.29 is 8.42 Å². The van der Waals surface area contributed by atoms with Crippen molar-refractivity contribution in [2.24, 2.45) is 5.92 Å². The van der Waals surface area contributed by atoms with Crippen molar-refractivity contribution in [2.75, 3.05) is 0 Å². The summed E-state index contributed by atoms with van der Waals surface area (Å²) in [5.74, 6) is 0.749. The van der Waals surface area contributed by atoms with E-state index in [1.54, 1.807) is 12.1 Å². The van der Waals surface area contributed by atoms with Gasteiger partial charge >= 0.3 is 0 Å². The predicted molar refractivity (Wildman–Crippen MR) is 71.9 cm³/mol.